The molecule has 0 saturated heterocycles. The number of nitrogens with one attached hydrogen (secondary N) is 2. The Morgan fingerprint density at radius 1 is 0.967 bits per heavy atom. The first-order valence-corrected chi connectivity index (χ1v) is 11.8. The third-order valence-electron chi connectivity index (χ3n) is 4.09. The second-order valence-electron chi connectivity index (χ2n) is 6.22. The number of carbonyl (C=O) groups is 3. The summed E-state index contributed by atoms with van der Waals surface area (Å²) in [5.74, 6) is -2.72. The SMILES string of the molecule is CNC(=O)c1c(I)c(NC(=O)C(CO)CO)c(I)c(C(=O)N(C)CC(O)CO)c1I. The highest BCUT2D eigenvalue weighted by molar-refractivity contribution is 14.1. The van der Waals surface area contributed by atoms with Crippen LogP contribution in [-0.4, -0.2) is 89.6 Å². The maximum atomic E-state index is 13.1. The van der Waals surface area contributed by atoms with Gasteiger partial charge in [-0.15, -0.1) is 0 Å². The molecule has 0 aliphatic rings. The zero-order valence-corrected chi connectivity index (χ0v) is 22.6. The Labute approximate surface area is 214 Å². The maximum absolute atomic E-state index is 13.1. The molecule has 1 unspecified atom stereocenters. The van der Waals surface area contributed by atoms with Crippen molar-refractivity contribution in [3.63, 3.8) is 0 Å². The van der Waals surface area contributed by atoms with Crippen molar-refractivity contribution in [3.8, 4) is 0 Å². The second-order valence-corrected chi connectivity index (χ2v) is 9.46. The summed E-state index contributed by atoms with van der Waals surface area (Å²) in [6, 6.07) is 0. The molecular weight excluding hydrogens is 739 g/mol. The fraction of sp³-hybridized carbons (Fsp3) is 0.471. The topological polar surface area (TPSA) is 159 Å². The lowest BCUT2D eigenvalue weighted by Crippen LogP contribution is -2.37. The third kappa shape index (κ3) is 6.35. The number of aliphatic hydroxyl groups is 4. The Balaban J connectivity index is 3.63. The van der Waals surface area contributed by atoms with E-state index >= 15 is 0 Å². The molecule has 1 rings (SSSR count). The summed E-state index contributed by atoms with van der Waals surface area (Å²) in [7, 11) is 2.88. The first-order valence-electron chi connectivity index (χ1n) is 8.54. The number of halogens is 3. The van der Waals surface area contributed by atoms with Crippen LogP contribution < -0.4 is 10.6 Å². The zero-order valence-electron chi connectivity index (χ0n) is 16.1. The lowest BCUT2D eigenvalue weighted by molar-refractivity contribution is -0.122. The molecule has 0 saturated carbocycles. The van der Waals surface area contributed by atoms with Crippen LogP contribution in [0.5, 0.6) is 0 Å². The second kappa shape index (κ2) is 12.6. The van der Waals surface area contributed by atoms with Gasteiger partial charge < -0.3 is 36.0 Å². The van der Waals surface area contributed by atoms with Gasteiger partial charge in [0.25, 0.3) is 11.8 Å². The summed E-state index contributed by atoms with van der Waals surface area (Å²) < 4.78 is 1.10. The first kappa shape index (κ1) is 27.7. The molecule has 0 aromatic heterocycles. The van der Waals surface area contributed by atoms with Crippen molar-refractivity contribution in [2.75, 3.05) is 45.8 Å². The van der Waals surface area contributed by atoms with Crippen molar-refractivity contribution in [2.24, 2.45) is 5.92 Å². The van der Waals surface area contributed by atoms with Crippen molar-refractivity contribution >= 4 is 91.2 Å². The molecule has 0 spiro atoms. The summed E-state index contributed by atoms with van der Waals surface area (Å²) in [4.78, 5) is 39.2. The normalized spacial score (nSPS) is 11.9. The van der Waals surface area contributed by atoms with Gasteiger partial charge in [-0.05, 0) is 67.8 Å². The average Bonchev–Trinajstić information content (AvgIpc) is 2.71. The molecule has 30 heavy (non-hydrogen) atoms. The lowest BCUT2D eigenvalue weighted by atomic mass is 10.1. The molecular formula is C17H22I3N3O7. The quantitative estimate of drug-likeness (QED) is 0.191. The minimum absolute atomic E-state index is 0.137. The predicted molar refractivity (Wildman–Crippen MR) is 134 cm³/mol. The van der Waals surface area contributed by atoms with E-state index in [-0.39, 0.29) is 23.4 Å². The molecule has 13 heteroatoms. The van der Waals surface area contributed by atoms with Gasteiger partial charge in [-0.1, -0.05) is 0 Å². The molecule has 1 aromatic carbocycles. The molecule has 10 nitrogen and oxygen atoms in total. The number of nitrogens with zero attached hydrogens (tertiary/aromatic N) is 1. The highest BCUT2D eigenvalue weighted by atomic mass is 127. The van der Waals surface area contributed by atoms with E-state index in [0.29, 0.717) is 10.7 Å². The molecule has 1 aromatic rings. The van der Waals surface area contributed by atoms with E-state index < -0.39 is 49.6 Å². The van der Waals surface area contributed by atoms with Crippen LogP contribution in [0.1, 0.15) is 20.7 Å². The van der Waals surface area contributed by atoms with Crippen LogP contribution in [0.2, 0.25) is 0 Å². The number of benzene rings is 1. The van der Waals surface area contributed by atoms with E-state index in [0.717, 1.165) is 0 Å². The van der Waals surface area contributed by atoms with Crippen molar-refractivity contribution in [3.05, 3.63) is 21.8 Å². The van der Waals surface area contributed by atoms with Gasteiger partial charge in [-0.3, -0.25) is 14.4 Å². The van der Waals surface area contributed by atoms with Crippen LogP contribution in [0.3, 0.4) is 0 Å². The van der Waals surface area contributed by atoms with E-state index in [2.05, 4.69) is 10.6 Å². The van der Waals surface area contributed by atoms with Gasteiger partial charge in [0.1, 0.15) is 0 Å². The fourth-order valence-electron chi connectivity index (χ4n) is 2.38. The van der Waals surface area contributed by atoms with Crippen LogP contribution >= 0.6 is 67.8 Å². The van der Waals surface area contributed by atoms with Gasteiger partial charge in [-0.2, -0.15) is 0 Å². The van der Waals surface area contributed by atoms with Crippen LogP contribution in [0.15, 0.2) is 0 Å². The number of amides is 3. The van der Waals surface area contributed by atoms with Gasteiger partial charge in [0.15, 0.2) is 0 Å². The van der Waals surface area contributed by atoms with Gasteiger partial charge in [0, 0.05) is 24.2 Å². The summed E-state index contributed by atoms with van der Waals surface area (Å²) in [5.41, 5.74) is 0.521. The molecule has 3 amide bonds. The van der Waals surface area contributed by atoms with E-state index in [1.807, 2.05) is 67.8 Å². The highest BCUT2D eigenvalue weighted by Crippen LogP contribution is 2.36. The van der Waals surface area contributed by atoms with Crippen molar-refractivity contribution in [2.45, 2.75) is 6.10 Å². The summed E-state index contributed by atoms with van der Waals surface area (Å²) >= 11 is 5.64. The highest BCUT2D eigenvalue weighted by Gasteiger charge is 2.30. The van der Waals surface area contributed by atoms with E-state index in [4.69, 9.17) is 5.11 Å². The van der Waals surface area contributed by atoms with Crippen molar-refractivity contribution in [1.82, 2.24) is 10.2 Å². The third-order valence-corrected chi connectivity index (χ3v) is 7.32. The Morgan fingerprint density at radius 3 is 1.97 bits per heavy atom. The Morgan fingerprint density at radius 2 is 1.50 bits per heavy atom. The van der Waals surface area contributed by atoms with E-state index in [1.165, 1.54) is 19.0 Å². The maximum Gasteiger partial charge on any atom is 0.255 e. The van der Waals surface area contributed by atoms with Gasteiger partial charge in [0.05, 0.1) is 55.8 Å². The van der Waals surface area contributed by atoms with Crippen LogP contribution in [-0.2, 0) is 4.79 Å². The number of likely N-dealkylation sites (N-methyl/N-ethyl adjacent to an activating group) is 1. The summed E-state index contributed by atoms with van der Waals surface area (Å²) in [6.45, 7) is -1.81. The molecule has 1 atom stereocenters. The molecule has 0 bridgehead atoms. The van der Waals surface area contributed by atoms with E-state index in [9.17, 15) is 29.7 Å². The average molecular weight is 761 g/mol. The summed E-state index contributed by atoms with van der Waals surface area (Å²) in [6.07, 6.45) is -1.13. The monoisotopic (exact) mass is 761 g/mol. The molecule has 0 radical (unpaired) electrons. The number of carbonyl (C=O) groups excluding carboxylic acids is 3. The molecule has 0 fully saturated rings. The predicted octanol–water partition coefficient (Wildman–Crippen LogP) is -0.175. The van der Waals surface area contributed by atoms with Crippen LogP contribution in [0.25, 0.3) is 0 Å². The molecule has 0 aliphatic heterocycles. The number of aliphatic hydroxyl groups excluding tert-OH is 4. The standard InChI is InChI=1S/C17H22I3N3O7/c1-21-16(29)9-11(18)10(17(30)23(2)3-8(27)6-26)13(20)14(12(9)19)22-15(28)7(4-24)5-25/h7-8,24-27H,3-6H2,1-2H3,(H,21,29)(H,22,28). The minimum Gasteiger partial charge on any atom is -0.395 e. The number of hydrogen-bond donors (Lipinski definition) is 6. The first-order chi connectivity index (χ1) is 14.0. The van der Waals surface area contributed by atoms with Gasteiger partial charge in [-0.25, -0.2) is 0 Å². The Bertz CT molecular complexity index is 819. The lowest BCUT2D eigenvalue weighted by Gasteiger charge is -2.24. The van der Waals surface area contributed by atoms with E-state index in [1.54, 1.807) is 0 Å². The Hall–Kier alpha value is -0.340. The van der Waals surface area contributed by atoms with Crippen molar-refractivity contribution in [1.29, 1.82) is 0 Å². The molecule has 6 N–H and O–H groups in total. The van der Waals surface area contributed by atoms with Gasteiger partial charge >= 0.3 is 0 Å². The largest absolute Gasteiger partial charge is 0.395 e. The number of hydrogen-bond acceptors (Lipinski definition) is 7. The molecule has 0 heterocycles. The van der Waals surface area contributed by atoms with Crippen LogP contribution in [0, 0.1) is 16.6 Å². The molecule has 168 valence electrons. The Kier molecular flexibility index (Phi) is 11.7. The minimum atomic E-state index is -1.13. The summed E-state index contributed by atoms with van der Waals surface area (Å²) in [5, 5.41) is 42.3. The fourth-order valence-corrected chi connectivity index (χ4v) is 6.77. The smallest absolute Gasteiger partial charge is 0.255 e. The van der Waals surface area contributed by atoms with Gasteiger partial charge in [0.2, 0.25) is 5.91 Å². The zero-order chi connectivity index (χ0) is 23.2. The van der Waals surface area contributed by atoms with Crippen LogP contribution in [0.4, 0.5) is 5.69 Å². The molecule has 0 aliphatic carbocycles. The number of anilines is 1. The number of rotatable bonds is 9. The van der Waals surface area contributed by atoms with Crippen molar-refractivity contribution < 1.29 is 34.8 Å².